The van der Waals surface area contributed by atoms with Crippen LogP contribution in [0.4, 0.5) is 0 Å². The van der Waals surface area contributed by atoms with Gasteiger partial charge >= 0.3 is 0 Å². The highest BCUT2D eigenvalue weighted by atomic mass is 15.2. The second-order valence-corrected chi connectivity index (χ2v) is 6.83. The van der Waals surface area contributed by atoms with E-state index in [-0.39, 0.29) is 0 Å². The zero-order chi connectivity index (χ0) is 15.1. The van der Waals surface area contributed by atoms with Crippen LogP contribution >= 0.6 is 0 Å². The Morgan fingerprint density at radius 1 is 1.29 bits per heavy atom. The average molecular weight is 288 g/mol. The van der Waals surface area contributed by atoms with Crippen molar-refractivity contribution < 1.29 is 0 Å². The van der Waals surface area contributed by atoms with Crippen LogP contribution < -0.4 is 5.32 Å². The van der Waals surface area contributed by atoms with Gasteiger partial charge in [0.05, 0.1) is 0 Å². The standard InChI is InChI=1S/C19H32N2/c1-4-8-16(2)14-21-15-19(20-12-11-17(21)3)13-18-9-6-5-7-10-18/h5-7,9-10,16-17,19-20H,4,8,11-15H2,1-3H3. The van der Waals surface area contributed by atoms with E-state index in [0.717, 1.165) is 18.9 Å². The van der Waals surface area contributed by atoms with Gasteiger partial charge in [-0.25, -0.2) is 0 Å². The minimum Gasteiger partial charge on any atom is -0.312 e. The van der Waals surface area contributed by atoms with E-state index in [1.165, 1.54) is 37.9 Å². The molecule has 0 aliphatic carbocycles. The molecule has 3 atom stereocenters. The molecule has 1 saturated heterocycles. The maximum atomic E-state index is 3.75. The lowest BCUT2D eigenvalue weighted by molar-refractivity contribution is 0.174. The van der Waals surface area contributed by atoms with E-state index >= 15 is 0 Å². The van der Waals surface area contributed by atoms with Crippen molar-refractivity contribution in [1.29, 1.82) is 0 Å². The van der Waals surface area contributed by atoms with Gasteiger partial charge in [-0.2, -0.15) is 0 Å². The molecule has 21 heavy (non-hydrogen) atoms. The molecule has 0 bridgehead atoms. The fourth-order valence-electron chi connectivity index (χ4n) is 3.48. The van der Waals surface area contributed by atoms with Crippen molar-refractivity contribution in [2.75, 3.05) is 19.6 Å². The summed E-state index contributed by atoms with van der Waals surface area (Å²) in [6.45, 7) is 10.7. The van der Waals surface area contributed by atoms with E-state index < -0.39 is 0 Å². The molecule has 1 fully saturated rings. The molecular weight excluding hydrogens is 256 g/mol. The molecular formula is C19H32N2. The predicted molar refractivity (Wildman–Crippen MR) is 91.7 cm³/mol. The summed E-state index contributed by atoms with van der Waals surface area (Å²) in [6.07, 6.45) is 5.06. The second kappa shape index (κ2) is 8.55. The Morgan fingerprint density at radius 3 is 2.76 bits per heavy atom. The fraction of sp³-hybridized carbons (Fsp3) is 0.684. The number of benzene rings is 1. The Hall–Kier alpha value is -0.860. The van der Waals surface area contributed by atoms with Gasteiger partial charge in [0.1, 0.15) is 0 Å². The Kier molecular flexibility index (Phi) is 6.72. The first-order valence-electron chi connectivity index (χ1n) is 8.70. The SMILES string of the molecule is CCCC(C)CN1CC(Cc2ccccc2)NCCC1C. The van der Waals surface area contributed by atoms with Crippen LogP contribution in [0.3, 0.4) is 0 Å². The maximum Gasteiger partial charge on any atom is 0.0235 e. The second-order valence-electron chi connectivity index (χ2n) is 6.83. The summed E-state index contributed by atoms with van der Waals surface area (Å²) in [7, 11) is 0. The van der Waals surface area contributed by atoms with Crippen molar-refractivity contribution >= 4 is 0 Å². The van der Waals surface area contributed by atoms with Crippen LogP contribution in [-0.4, -0.2) is 36.6 Å². The third-order valence-corrected chi connectivity index (χ3v) is 4.73. The van der Waals surface area contributed by atoms with Gasteiger partial charge in [-0.1, -0.05) is 50.6 Å². The summed E-state index contributed by atoms with van der Waals surface area (Å²) >= 11 is 0. The lowest BCUT2D eigenvalue weighted by atomic mass is 10.0. The van der Waals surface area contributed by atoms with Gasteiger partial charge in [-0.3, -0.25) is 4.90 Å². The van der Waals surface area contributed by atoms with Gasteiger partial charge in [-0.05, 0) is 44.2 Å². The zero-order valence-corrected chi connectivity index (χ0v) is 14.0. The van der Waals surface area contributed by atoms with Crippen molar-refractivity contribution in [3.8, 4) is 0 Å². The van der Waals surface area contributed by atoms with Gasteiger partial charge in [-0.15, -0.1) is 0 Å². The molecule has 2 rings (SSSR count). The smallest absolute Gasteiger partial charge is 0.0235 e. The Labute approximate surface area is 130 Å². The summed E-state index contributed by atoms with van der Waals surface area (Å²) in [5.74, 6) is 0.813. The van der Waals surface area contributed by atoms with E-state index in [4.69, 9.17) is 0 Å². The lowest BCUT2D eigenvalue weighted by Crippen LogP contribution is -2.43. The van der Waals surface area contributed by atoms with E-state index in [1.807, 2.05) is 0 Å². The van der Waals surface area contributed by atoms with Crippen molar-refractivity contribution in [1.82, 2.24) is 10.2 Å². The first-order chi connectivity index (χ1) is 10.2. The molecule has 3 unspecified atom stereocenters. The molecule has 0 aromatic heterocycles. The normalized spacial score (nSPS) is 25.5. The van der Waals surface area contributed by atoms with Crippen LogP contribution in [0.2, 0.25) is 0 Å². The molecule has 2 nitrogen and oxygen atoms in total. The number of nitrogens with one attached hydrogen (secondary N) is 1. The van der Waals surface area contributed by atoms with E-state index in [1.54, 1.807) is 0 Å². The molecule has 0 saturated carbocycles. The highest BCUT2D eigenvalue weighted by molar-refractivity contribution is 5.16. The molecule has 0 amide bonds. The number of nitrogens with zero attached hydrogens (tertiary/aromatic N) is 1. The monoisotopic (exact) mass is 288 g/mol. The quantitative estimate of drug-likeness (QED) is 0.858. The van der Waals surface area contributed by atoms with Crippen LogP contribution in [0, 0.1) is 5.92 Å². The van der Waals surface area contributed by atoms with E-state index in [0.29, 0.717) is 12.1 Å². The van der Waals surface area contributed by atoms with Crippen molar-refractivity contribution in [2.24, 2.45) is 5.92 Å². The van der Waals surface area contributed by atoms with Crippen LogP contribution in [0.5, 0.6) is 0 Å². The molecule has 1 aliphatic heterocycles. The van der Waals surface area contributed by atoms with Gasteiger partial charge in [0.25, 0.3) is 0 Å². The summed E-state index contributed by atoms with van der Waals surface area (Å²) in [6, 6.07) is 12.2. The van der Waals surface area contributed by atoms with Crippen molar-refractivity contribution in [2.45, 2.75) is 58.5 Å². The van der Waals surface area contributed by atoms with E-state index in [9.17, 15) is 0 Å². The summed E-state index contributed by atoms with van der Waals surface area (Å²) in [5, 5.41) is 3.75. The van der Waals surface area contributed by atoms with Crippen molar-refractivity contribution in [3.05, 3.63) is 35.9 Å². The highest BCUT2D eigenvalue weighted by Crippen LogP contribution is 2.16. The number of hydrogen-bond donors (Lipinski definition) is 1. The molecule has 0 radical (unpaired) electrons. The first kappa shape index (κ1) is 16.5. The van der Waals surface area contributed by atoms with E-state index in [2.05, 4.69) is 61.3 Å². The minimum atomic E-state index is 0.589. The van der Waals surface area contributed by atoms with Gasteiger partial charge in [0.2, 0.25) is 0 Å². The Bertz CT molecular complexity index is 390. The highest BCUT2D eigenvalue weighted by Gasteiger charge is 2.23. The summed E-state index contributed by atoms with van der Waals surface area (Å²) < 4.78 is 0. The molecule has 1 heterocycles. The number of rotatable bonds is 6. The average Bonchev–Trinajstić information content (AvgIpc) is 2.63. The maximum absolute atomic E-state index is 3.75. The van der Waals surface area contributed by atoms with Crippen LogP contribution in [0.15, 0.2) is 30.3 Å². The van der Waals surface area contributed by atoms with Crippen LogP contribution in [0.25, 0.3) is 0 Å². The predicted octanol–water partition coefficient (Wildman–Crippen LogP) is 3.72. The summed E-state index contributed by atoms with van der Waals surface area (Å²) in [4.78, 5) is 2.72. The zero-order valence-electron chi connectivity index (χ0n) is 14.0. The molecule has 0 spiro atoms. The van der Waals surface area contributed by atoms with Crippen LogP contribution in [0.1, 0.15) is 45.6 Å². The fourth-order valence-corrected chi connectivity index (χ4v) is 3.48. The van der Waals surface area contributed by atoms with Gasteiger partial charge < -0.3 is 5.32 Å². The lowest BCUT2D eigenvalue weighted by Gasteiger charge is -2.31. The van der Waals surface area contributed by atoms with Crippen LogP contribution in [-0.2, 0) is 6.42 Å². The molecule has 1 aromatic carbocycles. The minimum absolute atomic E-state index is 0.589. The molecule has 1 N–H and O–H groups in total. The molecule has 118 valence electrons. The van der Waals surface area contributed by atoms with Crippen molar-refractivity contribution in [3.63, 3.8) is 0 Å². The number of hydrogen-bond acceptors (Lipinski definition) is 2. The van der Waals surface area contributed by atoms with Gasteiger partial charge in [0.15, 0.2) is 0 Å². The largest absolute Gasteiger partial charge is 0.312 e. The molecule has 1 aromatic rings. The third kappa shape index (κ3) is 5.44. The summed E-state index contributed by atoms with van der Waals surface area (Å²) in [5.41, 5.74) is 1.45. The van der Waals surface area contributed by atoms with Gasteiger partial charge in [0, 0.05) is 25.2 Å². The first-order valence-corrected chi connectivity index (χ1v) is 8.70. The molecule has 2 heteroatoms. The topological polar surface area (TPSA) is 15.3 Å². The Morgan fingerprint density at radius 2 is 2.05 bits per heavy atom. The Balaban J connectivity index is 1.93. The molecule has 1 aliphatic rings. The third-order valence-electron chi connectivity index (χ3n) is 4.73.